The smallest absolute Gasteiger partial charge is 0.269 e. The number of aryl methyl sites for hydroxylation is 2. The number of halogens is 2. The van der Waals surface area contributed by atoms with Gasteiger partial charge in [-0.15, -0.1) is 24.0 Å². The van der Waals surface area contributed by atoms with Crippen LogP contribution in [0.25, 0.3) is 0 Å². The Morgan fingerprint density at radius 1 is 1.21 bits per heavy atom. The summed E-state index contributed by atoms with van der Waals surface area (Å²) < 4.78 is 20.1. The Morgan fingerprint density at radius 2 is 1.97 bits per heavy atom. The van der Waals surface area contributed by atoms with E-state index in [1.165, 1.54) is 43.2 Å². The molecule has 2 aromatic rings. The third-order valence-corrected chi connectivity index (χ3v) is 6.52. The molecule has 0 N–H and O–H groups in total. The standard InChI is InChI=1S/C25H30FN3O4.HI/c1-18-15-21(29(31)32)7-9-23(18)25(30)28-17-22(33-14-4-13-27-11-2-3-12-27)8-5-19-16-20(26)6-10-24(19)28;/h6-7,9-10,15-16,22H,2-5,8,11-14,17H2,1H3;1H. The average Bonchev–Trinajstić information content (AvgIpc) is 3.24. The molecular weight excluding hydrogens is 552 g/mol. The van der Waals surface area contributed by atoms with Crippen LogP contribution in [0.15, 0.2) is 36.4 Å². The van der Waals surface area contributed by atoms with Crippen LogP contribution in [0.4, 0.5) is 15.8 Å². The molecule has 0 spiro atoms. The molecule has 184 valence electrons. The molecule has 1 unspecified atom stereocenters. The summed E-state index contributed by atoms with van der Waals surface area (Å²) in [5, 5.41) is 11.1. The van der Waals surface area contributed by atoms with Crippen LogP contribution in [0.3, 0.4) is 0 Å². The molecule has 4 rings (SSSR count). The van der Waals surface area contributed by atoms with Crippen LogP contribution in [0.1, 0.15) is 47.2 Å². The molecule has 1 atom stereocenters. The summed E-state index contributed by atoms with van der Waals surface area (Å²) >= 11 is 0. The van der Waals surface area contributed by atoms with Crippen molar-refractivity contribution in [1.82, 2.24) is 4.90 Å². The van der Waals surface area contributed by atoms with Gasteiger partial charge in [0.05, 0.1) is 17.6 Å². The van der Waals surface area contributed by atoms with Crippen LogP contribution in [-0.4, -0.2) is 54.6 Å². The summed E-state index contributed by atoms with van der Waals surface area (Å²) in [5.74, 6) is -0.597. The molecule has 0 aromatic heterocycles. The summed E-state index contributed by atoms with van der Waals surface area (Å²) in [5.41, 5.74) is 2.31. The van der Waals surface area contributed by atoms with Crippen molar-refractivity contribution in [3.63, 3.8) is 0 Å². The third-order valence-electron chi connectivity index (χ3n) is 6.52. The van der Waals surface area contributed by atoms with E-state index in [2.05, 4.69) is 4.90 Å². The fraction of sp³-hybridized carbons (Fsp3) is 0.480. The van der Waals surface area contributed by atoms with E-state index >= 15 is 0 Å². The largest absolute Gasteiger partial charge is 0.376 e. The molecule has 0 bridgehead atoms. The third kappa shape index (κ3) is 6.31. The maximum absolute atomic E-state index is 14.0. The topological polar surface area (TPSA) is 75.9 Å². The Kier molecular flexibility index (Phi) is 9.38. The van der Waals surface area contributed by atoms with Crippen LogP contribution in [0.5, 0.6) is 0 Å². The van der Waals surface area contributed by atoms with Crippen LogP contribution < -0.4 is 4.90 Å². The van der Waals surface area contributed by atoms with Gasteiger partial charge in [-0.25, -0.2) is 4.39 Å². The van der Waals surface area contributed by atoms with Gasteiger partial charge in [-0.2, -0.15) is 0 Å². The highest BCUT2D eigenvalue weighted by Crippen LogP contribution is 2.30. The molecule has 2 aromatic carbocycles. The van der Waals surface area contributed by atoms with E-state index in [4.69, 9.17) is 4.74 Å². The number of hydrogen-bond acceptors (Lipinski definition) is 5. The van der Waals surface area contributed by atoms with Crippen LogP contribution in [-0.2, 0) is 11.2 Å². The Balaban J connectivity index is 0.00000324. The van der Waals surface area contributed by atoms with Gasteiger partial charge in [-0.05, 0) is 87.5 Å². The van der Waals surface area contributed by atoms with Gasteiger partial charge < -0.3 is 14.5 Å². The minimum Gasteiger partial charge on any atom is -0.376 e. The Morgan fingerprint density at radius 3 is 2.68 bits per heavy atom. The van der Waals surface area contributed by atoms with Crippen molar-refractivity contribution < 1.29 is 18.8 Å². The number of fused-ring (bicyclic) bond motifs is 1. The number of rotatable bonds is 7. The Hall–Kier alpha value is -2.11. The highest BCUT2D eigenvalue weighted by molar-refractivity contribution is 14.0. The lowest BCUT2D eigenvalue weighted by atomic mass is 10.0. The van der Waals surface area contributed by atoms with Gasteiger partial charge in [0, 0.05) is 36.5 Å². The fourth-order valence-corrected chi connectivity index (χ4v) is 4.75. The first-order valence-corrected chi connectivity index (χ1v) is 11.6. The number of amides is 1. The van der Waals surface area contributed by atoms with E-state index < -0.39 is 4.92 Å². The number of ether oxygens (including phenoxy) is 1. The van der Waals surface area contributed by atoms with Crippen molar-refractivity contribution in [1.29, 1.82) is 0 Å². The number of carbonyl (C=O) groups is 1. The lowest BCUT2D eigenvalue weighted by Gasteiger charge is -2.27. The molecule has 9 heteroatoms. The lowest BCUT2D eigenvalue weighted by molar-refractivity contribution is -0.384. The number of nitro groups is 1. The highest BCUT2D eigenvalue weighted by atomic mass is 127. The van der Waals surface area contributed by atoms with Gasteiger partial charge in [0.25, 0.3) is 11.6 Å². The molecule has 2 heterocycles. The Bertz CT molecular complexity index is 1030. The van der Waals surface area contributed by atoms with E-state index in [9.17, 15) is 19.3 Å². The average molecular weight is 583 g/mol. The number of anilines is 1. The first-order chi connectivity index (χ1) is 15.9. The number of likely N-dealkylation sites (tertiary alicyclic amines) is 1. The number of nitro benzene ring substituents is 1. The minimum atomic E-state index is -0.475. The molecule has 7 nitrogen and oxygen atoms in total. The predicted molar refractivity (Wildman–Crippen MR) is 140 cm³/mol. The molecule has 1 saturated heterocycles. The summed E-state index contributed by atoms with van der Waals surface area (Å²) in [6.07, 6.45) is 4.61. The van der Waals surface area contributed by atoms with Crippen LogP contribution in [0, 0.1) is 22.9 Å². The zero-order valence-corrected chi connectivity index (χ0v) is 21.7. The molecule has 2 aliphatic heterocycles. The molecule has 0 radical (unpaired) electrons. The normalized spacial score (nSPS) is 18.2. The first-order valence-electron chi connectivity index (χ1n) is 11.6. The molecule has 2 aliphatic rings. The van der Waals surface area contributed by atoms with Crippen molar-refractivity contribution in [3.8, 4) is 0 Å². The Labute approximate surface area is 216 Å². The zero-order chi connectivity index (χ0) is 23.4. The minimum absolute atomic E-state index is 0. The number of hydrogen-bond donors (Lipinski definition) is 0. The molecule has 1 amide bonds. The summed E-state index contributed by atoms with van der Waals surface area (Å²) in [6, 6.07) is 8.72. The second kappa shape index (κ2) is 12.0. The quantitative estimate of drug-likeness (QED) is 0.196. The van der Waals surface area contributed by atoms with Crippen LogP contribution in [0.2, 0.25) is 0 Å². The van der Waals surface area contributed by atoms with E-state index in [1.54, 1.807) is 17.9 Å². The van der Waals surface area contributed by atoms with Gasteiger partial charge in [-0.3, -0.25) is 14.9 Å². The molecule has 34 heavy (non-hydrogen) atoms. The van der Waals surface area contributed by atoms with Gasteiger partial charge >= 0.3 is 0 Å². The SMILES string of the molecule is Cc1cc([N+](=O)[O-])ccc1C(=O)N1CC(OCCCN2CCCC2)CCc2cc(F)ccc21.I. The highest BCUT2D eigenvalue weighted by Gasteiger charge is 2.29. The van der Waals surface area contributed by atoms with E-state index in [1.807, 2.05) is 0 Å². The second-order valence-corrected chi connectivity index (χ2v) is 8.88. The van der Waals surface area contributed by atoms with E-state index in [-0.39, 0.29) is 47.5 Å². The second-order valence-electron chi connectivity index (χ2n) is 8.88. The summed E-state index contributed by atoms with van der Waals surface area (Å²) in [6.45, 7) is 5.99. The van der Waals surface area contributed by atoms with Crippen molar-refractivity contribution in [3.05, 3.63) is 69.0 Å². The van der Waals surface area contributed by atoms with Gasteiger partial charge in [-0.1, -0.05) is 0 Å². The van der Waals surface area contributed by atoms with E-state index in [0.29, 0.717) is 42.8 Å². The zero-order valence-electron chi connectivity index (χ0n) is 19.4. The maximum atomic E-state index is 14.0. The first kappa shape index (κ1) is 26.5. The van der Waals surface area contributed by atoms with Gasteiger partial charge in [0.2, 0.25) is 0 Å². The number of carbonyl (C=O) groups excluding carboxylic acids is 1. The van der Waals surface area contributed by atoms with E-state index in [0.717, 1.165) is 31.6 Å². The molecular formula is C25H31FIN3O4. The van der Waals surface area contributed by atoms with Gasteiger partial charge in [0.1, 0.15) is 5.82 Å². The van der Waals surface area contributed by atoms with Gasteiger partial charge in [0.15, 0.2) is 0 Å². The summed E-state index contributed by atoms with van der Waals surface area (Å²) in [7, 11) is 0. The maximum Gasteiger partial charge on any atom is 0.269 e. The van der Waals surface area contributed by atoms with Crippen molar-refractivity contribution in [2.24, 2.45) is 0 Å². The molecule has 0 saturated carbocycles. The lowest BCUT2D eigenvalue weighted by Crippen LogP contribution is -2.38. The van der Waals surface area contributed by atoms with Crippen molar-refractivity contribution >= 4 is 41.3 Å². The van der Waals surface area contributed by atoms with Crippen LogP contribution >= 0.6 is 24.0 Å². The van der Waals surface area contributed by atoms with Crippen molar-refractivity contribution in [2.45, 2.75) is 45.1 Å². The molecule has 1 fully saturated rings. The van der Waals surface area contributed by atoms with Crippen molar-refractivity contribution in [2.75, 3.05) is 37.7 Å². The molecule has 0 aliphatic carbocycles. The number of non-ortho nitro benzene ring substituents is 1. The number of nitrogens with zero attached hydrogens (tertiary/aromatic N) is 3. The summed E-state index contributed by atoms with van der Waals surface area (Å²) in [4.78, 5) is 28.2. The fourth-order valence-electron chi connectivity index (χ4n) is 4.75. The monoisotopic (exact) mass is 583 g/mol. The predicted octanol–water partition coefficient (Wildman–Crippen LogP) is 5.12. The number of benzene rings is 2.